The summed E-state index contributed by atoms with van der Waals surface area (Å²) >= 11 is 0. The molecule has 0 aliphatic heterocycles. The fourth-order valence-electron chi connectivity index (χ4n) is 2.50. The number of phenolic OH excluding ortho intramolecular Hbond substituents is 1. The van der Waals surface area contributed by atoms with E-state index in [2.05, 4.69) is 0 Å². The largest absolute Gasteiger partial charge is 0.508 e. The summed E-state index contributed by atoms with van der Waals surface area (Å²) in [5.74, 6) is 6.35. The normalized spacial score (nSPS) is 16.5. The molecule has 0 bridgehead atoms. The number of carbonyl (C=O) groups excluding carboxylic acids is 1. The van der Waals surface area contributed by atoms with Crippen LogP contribution in [0.5, 0.6) is 5.75 Å². The van der Waals surface area contributed by atoms with E-state index < -0.39 is 0 Å². The molecule has 0 radical (unpaired) electrons. The van der Waals surface area contributed by atoms with E-state index in [0.29, 0.717) is 18.0 Å². The van der Waals surface area contributed by atoms with Crippen LogP contribution in [0.4, 0.5) is 0 Å². The molecule has 1 fully saturated rings. The van der Waals surface area contributed by atoms with Crippen LogP contribution in [0.15, 0.2) is 24.3 Å². The zero-order chi connectivity index (χ0) is 13.0. The van der Waals surface area contributed by atoms with Crippen molar-refractivity contribution in [2.75, 3.05) is 6.54 Å². The molecule has 4 heteroatoms. The third-order valence-electron chi connectivity index (χ3n) is 3.55. The van der Waals surface area contributed by atoms with Crippen LogP contribution in [0.25, 0.3) is 0 Å². The van der Waals surface area contributed by atoms with Gasteiger partial charge >= 0.3 is 0 Å². The van der Waals surface area contributed by atoms with E-state index in [4.69, 9.17) is 5.84 Å². The van der Waals surface area contributed by atoms with E-state index in [-0.39, 0.29) is 11.7 Å². The number of nitrogens with zero attached hydrogens (tertiary/aromatic N) is 1. The Morgan fingerprint density at radius 1 is 1.22 bits per heavy atom. The van der Waals surface area contributed by atoms with Crippen LogP contribution in [0, 0.1) is 5.92 Å². The van der Waals surface area contributed by atoms with Crippen LogP contribution in [0.1, 0.15) is 42.5 Å². The van der Waals surface area contributed by atoms with Crippen molar-refractivity contribution in [2.45, 2.75) is 32.1 Å². The topological polar surface area (TPSA) is 66.6 Å². The number of amides is 1. The maximum atomic E-state index is 12.0. The third kappa shape index (κ3) is 3.23. The van der Waals surface area contributed by atoms with Gasteiger partial charge in [0.25, 0.3) is 5.91 Å². The van der Waals surface area contributed by atoms with Crippen molar-refractivity contribution in [3.8, 4) is 5.75 Å². The monoisotopic (exact) mass is 248 g/mol. The molecule has 98 valence electrons. The lowest BCUT2D eigenvalue weighted by Gasteiger charge is -2.26. The Morgan fingerprint density at radius 2 is 1.83 bits per heavy atom. The summed E-state index contributed by atoms with van der Waals surface area (Å²) in [6, 6.07) is 6.19. The van der Waals surface area contributed by atoms with E-state index in [9.17, 15) is 9.90 Å². The highest BCUT2D eigenvalue weighted by Crippen LogP contribution is 2.24. The number of aromatic hydroxyl groups is 1. The summed E-state index contributed by atoms with van der Waals surface area (Å²) in [5, 5.41) is 10.5. The van der Waals surface area contributed by atoms with Gasteiger partial charge in [-0.05, 0) is 43.0 Å². The number of hydrogen-bond acceptors (Lipinski definition) is 3. The molecular formula is C14H20N2O2. The molecule has 0 spiro atoms. The molecule has 1 aromatic carbocycles. The molecule has 1 aliphatic rings. The number of phenols is 1. The van der Waals surface area contributed by atoms with Crippen molar-refractivity contribution >= 4 is 5.91 Å². The van der Waals surface area contributed by atoms with Gasteiger partial charge in [0, 0.05) is 12.1 Å². The van der Waals surface area contributed by atoms with Crippen molar-refractivity contribution in [1.82, 2.24) is 5.01 Å². The summed E-state index contributed by atoms with van der Waals surface area (Å²) in [6.07, 6.45) is 6.11. The lowest BCUT2D eigenvalue weighted by Crippen LogP contribution is -2.41. The number of hydrogen-bond donors (Lipinski definition) is 2. The smallest absolute Gasteiger partial charge is 0.267 e. The molecule has 2 rings (SSSR count). The highest BCUT2D eigenvalue weighted by atomic mass is 16.3. The molecule has 0 atom stereocenters. The van der Waals surface area contributed by atoms with Gasteiger partial charge in [-0.2, -0.15) is 0 Å². The van der Waals surface area contributed by atoms with Crippen LogP contribution >= 0.6 is 0 Å². The molecule has 0 heterocycles. The maximum Gasteiger partial charge on any atom is 0.267 e. The van der Waals surface area contributed by atoms with Gasteiger partial charge in [-0.1, -0.05) is 19.3 Å². The Morgan fingerprint density at radius 3 is 2.44 bits per heavy atom. The zero-order valence-electron chi connectivity index (χ0n) is 10.5. The van der Waals surface area contributed by atoms with Gasteiger partial charge < -0.3 is 5.11 Å². The minimum atomic E-state index is -0.180. The van der Waals surface area contributed by atoms with Gasteiger partial charge in [-0.25, -0.2) is 5.84 Å². The average molecular weight is 248 g/mol. The van der Waals surface area contributed by atoms with Crippen molar-refractivity contribution in [3.05, 3.63) is 29.8 Å². The molecule has 18 heavy (non-hydrogen) atoms. The van der Waals surface area contributed by atoms with Crippen LogP contribution in [-0.4, -0.2) is 22.6 Å². The first kappa shape index (κ1) is 12.9. The summed E-state index contributed by atoms with van der Waals surface area (Å²) in [5.41, 5.74) is 0.520. The molecule has 1 amide bonds. The number of carbonyl (C=O) groups is 1. The van der Waals surface area contributed by atoms with Crippen molar-refractivity contribution in [1.29, 1.82) is 0 Å². The number of benzene rings is 1. The van der Waals surface area contributed by atoms with E-state index in [1.807, 2.05) is 0 Å². The van der Waals surface area contributed by atoms with Gasteiger partial charge in [0.15, 0.2) is 0 Å². The predicted octanol–water partition coefficient (Wildman–Crippen LogP) is 2.29. The summed E-state index contributed by atoms with van der Waals surface area (Å²) in [4.78, 5) is 12.0. The number of nitrogens with two attached hydrogens (primary N) is 1. The number of rotatable bonds is 3. The second-order valence-corrected chi connectivity index (χ2v) is 5.01. The first-order valence-electron chi connectivity index (χ1n) is 6.52. The standard InChI is InChI=1S/C14H20N2O2/c15-16(10-11-4-2-1-3-5-11)14(18)12-6-8-13(17)9-7-12/h6-9,11,17H,1-5,10,15H2. The van der Waals surface area contributed by atoms with Crippen LogP contribution in [0.3, 0.4) is 0 Å². The minimum Gasteiger partial charge on any atom is -0.508 e. The Hall–Kier alpha value is -1.55. The molecule has 1 saturated carbocycles. The first-order valence-corrected chi connectivity index (χ1v) is 6.52. The van der Waals surface area contributed by atoms with E-state index >= 15 is 0 Å². The quantitative estimate of drug-likeness (QED) is 0.490. The van der Waals surface area contributed by atoms with Crippen molar-refractivity contribution in [3.63, 3.8) is 0 Å². The first-order chi connectivity index (χ1) is 8.66. The third-order valence-corrected chi connectivity index (χ3v) is 3.55. The molecule has 1 aliphatic carbocycles. The molecular weight excluding hydrogens is 228 g/mol. The maximum absolute atomic E-state index is 12.0. The fourth-order valence-corrected chi connectivity index (χ4v) is 2.50. The van der Waals surface area contributed by atoms with Gasteiger partial charge in [0.05, 0.1) is 0 Å². The average Bonchev–Trinajstić information content (AvgIpc) is 2.40. The summed E-state index contributed by atoms with van der Waals surface area (Å²) < 4.78 is 0. The van der Waals surface area contributed by atoms with Crippen LogP contribution in [0.2, 0.25) is 0 Å². The molecule has 0 aromatic heterocycles. The zero-order valence-corrected chi connectivity index (χ0v) is 10.5. The molecule has 1 aromatic rings. The van der Waals surface area contributed by atoms with E-state index in [0.717, 1.165) is 12.8 Å². The second kappa shape index (κ2) is 5.87. The molecule has 0 saturated heterocycles. The number of hydrazine groups is 1. The summed E-state index contributed by atoms with van der Waals surface area (Å²) in [6.45, 7) is 0.625. The Labute approximate surface area is 107 Å². The molecule has 4 nitrogen and oxygen atoms in total. The Kier molecular flexibility index (Phi) is 4.20. The van der Waals surface area contributed by atoms with Crippen molar-refractivity contribution in [2.24, 2.45) is 11.8 Å². The van der Waals surface area contributed by atoms with Gasteiger partial charge in [-0.3, -0.25) is 9.80 Å². The molecule has 3 N–H and O–H groups in total. The predicted molar refractivity (Wildman–Crippen MR) is 69.9 cm³/mol. The molecule has 0 unspecified atom stereocenters. The van der Waals surface area contributed by atoms with E-state index in [1.165, 1.54) is 36.4 Å². The van der Waals surface area contributed by atoms with Gasteiger partial charge in [0.2, 0.25) is 0 Å². The van der Waals surface area contributed by atoms with Crippen molar-refractivity contribution < 1.29 is 9.90 Å². The fraction of sp³-hybridized carbons (Fsp3) is 0.500. The highest BCUT2D eigenvalue weighted by molar-refractivity contribution is 5.93. The Bertz CT molecular complexity index is 397. The lowest BCUT2D eigenvalue weighted by atomic mass is 9.89. The highest BCUT2D eigenvalue weighted by Gasteiger charge is 2.19. The van der Waals surface area contributed by atoms with Crippen LogP contribution in [-0.2, 0) is 0 Å². The van der Waals surface area contributed by atoms with E-state index in [1.54, 1.807) is 12.1 Å². The second-order valence-electron chi connectivity index (χ2n) is 5.01. The minimum absolute atomic E-state index is 0.155. The van der Waals surface area contributed by atoms with Gasteiger partial charge in [-0.15, -0.1) is 0 Å². The lowest BCUT2D eigenvalue weighted by molar-refractivity contribution is 0.0713. The van der Waals surface area contributed by atoms with Gasteiger partial charge in [0.1, 0.15) is 5.75 Å². The Balaban J connectivity index is 1.93. The SMILES string of the molecule is NN(CC1CCCCC1)C(=O)c1ccc(O)cc1. The summed E-state index contributed by atoms with van der Waals surface area (Å²) in [7, 11) is 0. The van der Waals surface area contributed by atoms with Crippen LogP contribution < -0.4 is 5.84 Å².